The van der Waals surface area contributed by atoms with Gasteiger partial charge < -0.3 is 20.1 Å². The number of benzene rings is 1. The molecule has 1 unspecified atom stereocenters. The van der Waals surface area contributed by atoms with Gasteiger partial charge in [0.15, 0.2) is 0 Å². The molecule has 1 fully saturated rings. The molecule has 1 atom stereocenters. The molecule has 0 aliphatic carbocycles. The van der Waals surface area contributed by atoms with Gasteiger partial charge in [0.25, 0.3) is 0 Å². The molecule has 1 aliphatic heterocycles. The topological polar surface area (TPSA) is 47.7 Å². The van der Waals surface area contributed by atoms with E-state index in [0.717, 1.165) is 31.9 Å². The summed E-state index contributed by atoms with van der Waals surface area (Å²) in [5, 5.41) is 0. The summed E-state index contributed by atoms with van der Waals surface area (Å²) in [5.41, 5.74) is 8.08. The molecule has 1 aliphatic rings. The lowest BCUT2D eigenvalue weighted by atomic mass is 10.1. The second-order valence-corrected chi connectivity index (χ2v) is 5.22. The number of ether oxygens (including phenoxy) is 2. The maximum atomic E-state index is 5.93. The monoisotopic (exact) mass is 264 g/mol. The quantitative estimate of drug-likeness (QED) is 0.868. The van der Waals surface area contributed by atoms with Crippen molar-refractivity contribution in [1.29, 1.82) is 0 Å². The van der Waals surface area contributed by atoms with Gasteiger partial charge in [-0.2, -0.15) is 0 Å². The van der Waals surface area contributed by atoms with Crippen LogP contribution in [0.3, 0.4) is 0 Å². The van der Waals surface area contributed by atoms with Gasteiger partial charge in [-0.3, -0.25) is 0 Å². The average molecular weight is 264 g/mol. The highest BCUT2D eigenvalue weighted by molar-refractivity contribution is 5.37. The third-order valence-electron chi connectivity index (χ3n) is 3.40. The lowest BCUT2D eigenvalue weighted by molar-refractivity contribution is -0.0404. The van der Waals surface area contributed by atoms with Crippen LogP contribution in [0.4, 0.5) is 0 Å². The molecule has 1 aromatic rings. The van der Waals surface area contributed by atoms with E-state index in [2.05, 4.69) is 31.0 Å². The van der Waals surface area contributed by atoms with E-state index in [-0.39, 0.29) is 6.10 Å². The van der Waals surface area contributed by atoms with Crippen LogP contribution < -0.4 is 10.5 Å². The van der Waals surface area contributed by atoms with Gasteiger partial charge >= 0.3 is 0 Å². The summed E-state index contributed by atoms with van der Waals surface area (Å²) in [6, 6.07) is 6.26. The Morgan fingerprint density at radius 2 is 2.32 bits per heavy atom. The minimum absolute atomic E-state index is 0.158. The third-order valence-corrected chi connectivity index (χ3v) is 3.40. The van der Waals surface area contributed by atoms with Gasteiger partial charge in [-0.15, -0.1) is 0 Å². The number of nitrogens with two attached hydrogens (primary N) is 1. The predicted molar refractivity (Wildman–Crippen MR) is 76.7 cm³/mol. The van der Waals surface area contributed by atoms with Crippen LogP contribution in [-0.2, 0) is 11.2 Å². The lowest BCUT2D eigenvalue weighted by Gasteiger charge is -2.30. The summed E-state index contributed by atoms with van der Waals surface area (Å²) in [7, 11) is 2.11. The molecule has 0 spiro atoms. The van der Waals surface area contributed by atoms with Crippen molar-refractivity contribution in [2.24, 2.45) is 5.73 Å². The Hall–Kier alpha value is -1.10. The van der Waals surface area contributed by atoms with Crippen LogP contribution >= 0.6 is 0 Å². The van der Waals surface area contributed by atoms with Crippen molar-refractivity contribution in [3.8, 4) is 5.75 Å². The van der Waals surface area contributed by atoms with Gasteiger partial charge in [-0.1, -0.05) is 17.7 Å². The summed E-state index contributed by atoms with van der Waals surface area (Å²) in [4.78, 5) is 2.27. The predicted octanol–water partition coefficient (Wildman–Crippen LogP) is 1.21. The number of hydrogen-bond donors (Lipinski definition) is 1. The SMILES string of the molecule is Cc1ccc(OCC2CN(C)CCO2)c(CCN)c1. The molecule has 1 saturated heterocycles. The Morgan fingerprint density at radius 3 is 3.05 bits per heavy atom. The largest absolute Gasteiger partial charge is 0.491 e. The molecule has 4 heteroatoms. The van der Waals surface area contributed by atoms with E-state index in [1.54, 1.807) is 0 Å². The number of likely N-dealkylation sites (N-methyl/N-ethyl adjacent to an activating group) is 1. The van der Waals surface area contributed by atoms with E-state index in [4.69, 9.17) is 15.2 Å². The Labute approximate surface area is 115 Å². The highest BCUT2D eigenvalue weighted by Crippen LogP contribution is 2.21. The molecule has 0 bridgehead atoms. The van der Waals surface area contributed by atoms with Crippen LogP contribution in [0.5, 0.6) is 5.75 Å². The summed E-state index contributed by atoms with van der Waals surface area (Å²) < 4.78 is 11.6. The van der Waals surface area contributed by atoms with E-state index in [1.807, 2.05) is 6.07 Å². The Kier molecular flexibility index (Phi) is 5.19. The van der Waals surface area contributed by atoms with Crippen molar-refractivity contribution >= 4 is 0 Å². The Bertz CT molecular complexity index is 409. The molecular weight excluding hydrogens is 240 g/mol. The number of aryl methyl sites for hydroxylation is 1. The van der Waals surface area contributed by atoms with E-state index in [1.165, 1.54) is 11.1 Å². The van der Waals surface area contributed by atoms with Crippen LogP contribution in [-0.4, -0.2) is 50.9 Å². The molecule has 1 heterocycles. The van der Waals surface area contributed by atoms with E-state index in [9.17, 15) is 0 Å². The summed E-state index contributed by atoms with van der Waals surface area (Å²) in [5.74, 6) is 0.938. The maximum absolute atomic E-state index is 5.93. The van der Waals surface area contributed by atoms with Crippen LogP contribution in [0, 0.1) is 6.92 Å². The highest BCUT2D eigenvalue weighted by Gasteiger charge is 2.18. The van der Waals surface area contributed by atoms with Gasteiger partial charge in [0, 0.05) is 13.1 Å². The van der Waals surface area contributed by atoms with Gasteiger partial charge in [0.2, 0.25) is 0 Å². The van der Waals surface area contributed by atoms with Crippen molar-refractivity contribution in [1.82, 2.24) is 4.90 Å². The average Bonchev–Trinajstić information content (AvgIpc) is 2.38. The fourth-order valence-electron chi connectivity index (χ4n) is 2.35. The second-order valence-electron chi connectivity index (χ2n) is 5.22. The van der Waals surface area contributed by atoms with Crippen molar-refractivity contribution in [2.45, 2.75) is 19.4 Å². The molecule has 0 amide bonds. The van der Waals surface area contributed by atoms with Crippen molar-refractivity contribution in [3.63, 3.8) is 0 Å². The molecule has 4 nitrogen and oxygen atoms in total. The maximum Gasteiger partial charge on any atom is 0.122 e. The van der Waals surface area contributed by atoms with Gasteiger partial charge in [0.1, 0.15) is 18.5 Å². The smallest absolute Gasteiger partial charge is 0.122 e. The minimum atomic E-state index is 0.158. The fraction of sp³-hybridized carbons (Fsp3) is 0.600. The summed E-state index contributed by atoms with van der Waals surface area (Å²) >= 11 is 0. The Balaban J connectivity index is 1.94. The van der Waals surface area contributed by atoms with Crippen molar-refractivity contribution in [3.05, 3.63) is 29.3 Å². The number of morpholine rings is 1. The lowest BCUT2D eigenvalue weighted by Crippen LogP contribution is -2.42. The zero-order valence-electron chi connectivity index (χ0n) is 11.9. The molecule has 2 N–H and O–H groups in total. The van der Waals surface area contributed by atoms with Gasteiger partial charge in [0.05, 0.1) is 6.61 Å². The van der Waals surface area contributed by atoms with Crippen molar-refractivity contribution < 1.29 is 9.47 Å². The Morgan fingerprint density at radius 1 is 1.47 bits per heavy atom. The zero-order valence-corrected chi connectivity index (χ0v) is 11.9. The van der Waals surface area contributed by atoms with Gasteiger partial charge in [-0.05, 0) is 38.6 Å². The van der Waals surface area contributed by atoms with E-state index < -0.39 is 0 Å². The van der Waals surface area contributed by atoms with E-state index >= 15 is 0 Å². The molecular formula is C15H24N2O2. The standard InChI is InChI=1S/C15H24N2O2/c1-12-3-4-15(13(9-12)5-6-16)19-11-14-10-17(2)7-8-18-14/h3-4,9,14H,5-8,10-11,16H2,1-2H3. The second kappa shape index (κ2) is 6.89. The number of hydrogen-bond acceptors (Lipinski definition) is 4. The van der Waals surface area contributed by atoms with Crippen LogP contribution in [0.2, 0.25) is 0 Å². The first kappa shape index (κ1) is 14.3. The first-order valence-electron chi connectivity index (χ1n) is 6.91. The molecule has 19 heavy (non-hydrogen) atoms. The molecule has 2 rings (SSSR count). The minimum Gasteiger partial charge on any atom is -0.491 e. The molecule has 0 saturated carbocycles. The normalized spacial score (nSPS) is 20.5. The first-order chi connectivity index (χ1) is 9.19. The zero-order chi connectivity index (χ0) is 13.7. The summed E-state index contributed by atoms with van der Waals surface area (Å²) in [6.07, 6.45) is 1.01. The highest BCUT2D eigenvalue weighted by atomic mass is 16.5. The molecule has 0 radical (unpaired) electrons. The van der Waals surface area contributed by atoms with E-state index in [0.29, 0.717) is 13.2 Å². The van der Waals surface area contributed by atoms with Crippen LogP contribution in [0.1, 0.15) is 11.1 Å². The number of rotatable bonds is 5. The third kappa shape index (κ3) is 4.20. The first-order valence-corrected chi connectivity index (χ1v) is 6.91. The van der Waals surface area contributed by atoms with Crippen molar-refractivity contribution in [2.75, 3.05) is 39.9 Å². The van der Waals surface area contributed by atoms with Gasteiger partial charge in [-0.25, -0.2) is 0 Å². The van der Waals surface area contributed by atoms with Crippen LogP contribution in [0.25, 0.3) is 0 Å². The summed E-state index contributed by atoms with van der Waals surface area (Å²) in [6.45, 7) is 6.04. The molecule has 106 valence electrons. The fourth-order valence-corrected chi connectivity index (χ4v) is 2.35. The van der Waals surface area contributed by atoms with Crippen LogP contribution in [0.15, 0.2) is 18.2 Å². The molecule has 1 aromatic carbocycles. The molecule has 0 aromatic heterocycles. The number of nitrogens with zero attached hydrogens (tertiary/aromatic N) is 1.